The first-order chi connectivity index (χ1) is 15.1. The number of hydrogen-bond donors (Lipinski definition) is 2. The van der Waals surface area contributed by atoms with E-state index < -0.39 is 6.10 Å². The van der Waals surface area contributed by atoms with Crippen molar-refractivity contribution >= 4 is 0 Å². The second-order valence-corrected chi connectivity index (χ2v) is 8.61. The summed E-state index contributed by atoms with van der Waals surface area (Å²) in [6.07, 6.45) is 5.87. The van der Waals surface area contributed by atoms with Gasteiger partial charge in [-0.15, -0.1) is 0 Å². The van der Waals surface area contributed by atoms with Crippen LogP contribution in [0.15, 0.2) is 42.5 Å². The molecule has 0 unspecified atom stereocenters. The maximum Gasteiger partial charge on any atom is 0.161 e. The van der Waals surface area contributed by atoms with Crippen LogP contribution in [-0.4, -0.2) is 49.5 Å². The highest BCUT2D eigenvalue weighted by Gasteiger charge is 2.15. The molecule has 2 aromatic carbocycles. The Kier molecular flexibility index (Phi) is 9.66. The number of aliphatic hydroxyl groups is 1. The molecule has 0 spiro atoms. The second-order valence-electron chi connectivity index (χ2n) is 8.61. The SMILES string of the molecule is COc1ccc(CNCc2cccc(C)c2)cc1OC[C@@H](O)CN1CCCCCCC1. The van der Waals surface area contributed by atoms with Gasteiger partial charge in [-0.1, -0.05) is 55.2 Å². The highest BCUT2D eigenvalue weighted by atomic mass is 16.5. The Bertz CT molecular complexity index is 788. The number of likely N-dealkylation sites (tertiary alicyclic amines) is 1. The third-order valence-corrected chi connectivity index (χ3v) is 5.82. The molecule has 170 valence electrons. The van der Waals surface area contributed by atoms with Gasteiger partial charge in [0.2, 0.25) is 0 Å². The lowest BCUT2D eigenvalue weighted by Gasteiger charge is -2.26. The minimum Gasteiger partial charge on any atom is -0.493 e. The van der Waals surface area contributed by atoms with E-state index in [1.54, 1.807) is 7.11 Å². The van der Waals surface area contributed by atoms with Gasteiger partial charge in [-0.25, -0.2) is 0 Å². The van der Waals surface area contributed by atoms with E-state index >= 15 is 0 Å². The molecule has 31 heavy (non-hydrogen) atoms. The van der Waals surface area contributed by atoms with Crippen LogP contribution in [0.1, 0.15) is 48.8 Å². The molecule has 5 nitrogen and oxygen atoms in total. The van der Waals surface area contributed by atoms with Gasteiger partial charge < -0.3 is 24.8 Å². The predicted octanol–water partition coefficient (Wildman–Crippen LogP) is 4.30. The first kappa shape index (κ1) is 23.6. The number of hydrogen-bond acceptors (Lipinski definition) is 5. The van der Waals surface area contributed by atoms with E-state index in [1.807, 2.05) is 18.2 Å². The monoisotopic (exact) mass is 426 g/mol. The minimum atomic E-state index is -0.507. The largest absolute Gasteiger partial charge is 0.493 e. The van der Waals surface area contributed by atoms with E-state index in [9.17, 15) is 5.11 Å². The molecule has 2 N–H and O–H groups in total. The lowest BCUT2D eigenvalue weighted by molar-refractivity contribution is 0.0644. The fraction of sp³-hybridized carbons (Fsp3) is 0.538. The zero-order valence-electron chi connectivity index (χ0n) is 19.1. The Balaban J connectivity index is 1.49. The highest BCUT2D eigenvalue weighted by molar-refractivity contribution is 5.43. The first-order valence-corrected chi connectivity index (χ1v) is 11.6. The summed E-state index contributed by atoms with van der Waals surface area (Å²) < 4.78 is 11.4. The summed E-state index contributed by atoms with van der Waals surface area (Å²) in [7, 11) is 1.65. The van der Waals surface area contributed by atoms with Gasteiger partial charge in [0.15, 0.2) is 11.5 Å². The van der Waals surface area contributed by atoms with Crippen molar-refractivity contribution in [2.24, 2.45) is 0 Å². The van der Waals surface area contributed by atoms with Crippen molar-refractivity contribution in [1.82, 2.24) is 10.2 Å². The summed E-state index contributed by atoms with van der Waals surface area (Å²) in [4.78, 5) is 2.37. The average Bonchev–Trinajstić information content (AvgIpc) is 2.74. The molecule has 0 aliphatic carbocycles. The van der Waals surface area contributed by atoms with Crippen LogP contribution in [0.2, 0.25) is 0 Å². The number of β-amino-alcohol motifs (C(OH)–C–C–N with tert-alkyl or cyclic N) is 1. The van der Waals surface area contributed by atoms with Crippen molar-refractivity contribution in [3.63, 3.8) is 0 Å². The third-order valence-electron chi connectivity index (χ3n) is 5.82. The Morgan fingerprint density at radius 3 is 2.35 bits per heavy atom. The van der Waals surface area contributed by atoms with E-state index in [2.05, 4.69) is 41.4 Å². The molecule has 1 aliphatic heterocycles. The Hall–Kier alpha value is -2.08. The van der Waals surface area contributed by atoms with Gasteiger partial charge in [-0.3, -0.25) is 0 Å². The molecule has 1 heterocycles. The molecule has 2 aromatic rings. The fourth-order valence-corrected chi connectivity index (χ4v) is 4.15. The van der Waals surface area contributed by atoms with Crippen molar-refractivity contribution in [2.45, 2.75) is 58.2 Å². The number of ether oxygens (including phenoxy) is 2. The maximum absolute atomic E-state index is 10.5. The molecule has 0 amide bonds. The number of aliphatic hydroxyl groups excluding tert-OH is 1. The standard InChI is InChI=1S/C26H38N2O3/c1-21-9-8-10-22(15-21)17-27-18-23-11-12-25(30-2)26(16-23)31-20-24(29)19-28-13-6-4-3-5-7-14-28/h8-12,15-16,24,27,29H,3-7,13-14,17-20H2,1-2H3/t24-/m0/s1. The van der Waals surface area contributed by atoms with Crippen LogP contribution in [-0.2, 0) is 13.1 Å². The van der Waals surface area contributed by atoms with Gasteiger partial charge >= 0.3 is 0 Å². The molecular weight excluding hydrogens is 388 g/mol. The van der Waals surface area contributed by atoms with Crippen molar-refractivity contribution in [3.05, 3.63) is 59.2 Å². The van der Waals surface area contributed by atoms with E-state index in [4.69, 9.17) is 9.47 Å². The molecule has 3 rings (SSSR count). The van der Waals surface area contributed by atoms with E-state index in [0.29, 0.717) is 18.0 Å². The molecule has 5 heteroatoms. The summed E-state index contributed by atoms with van der Waals surface area (Å²) >= 11 is 0. The van der Waals surface area contributed by atoms with Crippen molar-refractivity contribution < 1.29 is 14.6 Å². The molecule has 0 bridgehead atoms. The number of benzene rings is 2. The fourth-order valence-electron chi connectivity index (χ4n) is 4.15. The normalized spacial score (nSPS) is 16.4. The lowest BCUT2D eigenvalue weighted by atomic mass is 10.1. The third kappa shape index (κ3) is 8.17. The summed E-state index contributed by atoms with van der Waals surface area (Å²) in [6, 6.07) is 14.5. The summed E-state index contributed by atoms with van der Waals surface area (Å²) in [5.74, 6) is 1.38. The smallest absolute Gasteiger partial charge is 0.161 e. The van der Waals surface area contributed by atoms with E-state index in [-0.39, 0.29) is 6.61 Å². The van der Waals surface area contributed by atoms with Crippen molar-refractivity contribution in [3.8, 4) is 11.5 Å². The Morgan fingerprint density at radius 2 is 1.65 bits per heavy atom. The maximum atomic E-state index is 10.5. The second kappa shape index (κ2) is 12.7. The first-order valence-electron chi connectivity index (χ1n) is 11.6. The molecule has 1 aliphatic rings. The Labute approximate surface area is 187 Å². The van der Waals surface area contributed by atoms with Crippen molar-refractivity contribution in [1.29, 1.82) is 0 Å². The number of methoxy groups -OCH3 is 1. The molecule has 0 aromatic heterocycles. The zero-order chi connectivity index (χ0) is 21.9. The van der Waals surface area contributed by atoms with Crippen LogP contribution >= 0.6 is 0 Å². The van der Waals surface area contributed by atoms with Gasteiger partial charge in [-0.05, 0) is 56.1 Å². The number of nitrogens with one attached hydrogen (secondary N) is 1. The molecule has 0 radical (unpaired) electrons. The summed E-state index contributed by atoms with van der Waals surface area (Å²) in [6.45, 7) is 6.75. The van der Waals surface area contributed by atoms with Crippen LogP contribution < -0.4 is 14.8 Å². The van der Waals surface area contributed by atoms with Gasteiger partial charge in [0.05, 0.1) is 7.11 Å². The van der Waals surface area contributed by atoms with Crippen LogP contribution in [0.4, 0.5) is 0 Å². The topological polar surface area (TPSA) is 54.0 Å². The van der Waals surface area contributed by atoms with E-state index in [1.165, 1.54) is 43.2 Å². The zero-order valence-corrected chi connectivity index (χ0v) is 19.1. The molecule has 1 saturated heterocycles. The van der Waals surface area contributed by atoms with Gasteiger partial charge in [-0.2, -0.15) is 0 Å². The number of aryl methyl sites for hydroxylation is 1. The average molecular weight is 427 g/mol. The minimum absolute atomic E-state index is 0.271. The Morgan fingerprint density at radius 1 is 0.935 bits per heavy atom. The van der Waals surface area contributed by atoms with Gasteiger partial charge in [0, 0.05) is 19.6 Å². The summed E-state index contributed by atoms with van der Waals surface area (Å²) in [5.41, 5.74) is 3.67. The van der Waals surface area contributed by atoms with E-state index in [0.717, 1.165) is 31.7 Å². The highest BCUT2D eigenvalue weighted by Crippen LogP contribution is 2.28. The van der Waals surface area contributed by atoms with Gasteiger partial charge in [0.1, 0.15) is 12.7 Å². The molecular formula is C26H38N2O3. The molecule has 1 fully saturated rings. The van der Waals surface area contributed by atoms with Crippen LogP contribution in [0.25, 0.3) is 0 Å². The lowest BCUT2D eigenvalue weighted by Crippen LogP contribution is -2.37. The van der Waals surface area contributed by atoms with Crippen LogP contribution in [0.3, 0.4) is 0 Å². The van der Waals surface area contributed by atoms with Crippen LogP contribution in [0.5, 0.6) is 11.5 Å². The summed E-state index contributed by atoms with van der Waals surface area (Å²) in [5, 5.41) is 14.0. The number of rotatable bonds is 10. The predicted molar refractivity (Wildman–Crippen MR) is 126 cm³/mol. The quantitative estimate of drug-likeness (QED) is 0.593. The van der Waals surface area contributed by atoms with Crippen LogP contribution in [0, 0.1) is 6.92 Å². The van der Waals surface area contributed by atoms with Crippen molar-refractivity contribution in [2.75, 3.05) is 33.4 Å². The molecule has 0 saturated carbocycles. The number of nitrogens with zero attached hydrogens (tertiary/aromatic N) is 1. The van der Waals surface area contributed by atoms with Gasteiger partial charge in [0.25, 0.3) is 0 Å². The molecule has 1 atom stereocenters.